The van der Waals surface area contributed by atoms with Crippen LogP contribution in [0.3, 0.4) is 0 Å². The van der Waals surface area contributed by atoms with Gasteiger partial charge in [-0.2, -0.15) is 0 Å². The predicted octanol–water partition coefficient (Wildman–Crippen LogP) is 2.58. The number of ether oxygens (including phenoxy) is 1. The van der Waals surface area contributed by atoms with E-state index in [2.05, 4.69) is 0 Å². The van der Waals surface area contributed by atoms with Gasteiger partial charge in [0.1, 0.15) is 5.75 Å². The first-order valence-electron chi connectivity index (χ1n) is 6.25. The van der Waals surface area contributed by atoms with Crippen molar-refractivity contribution in [2.24, 2.45) is 5.92 Å². The quantitative estimate of drug-likeness (QED) is 0.802. The molecule has 0 aromatic heterocycles. The molecule has 102 valence electrons. The van der Waals surface area contributed by atoms with Gasteiger partial charge in [-0.15, -0.1) is 0 Å². The van der Waals surface area contributed by atoms with E-state index < -0.39 is 0 Å². The highest BCUT2D eigenvalue weighted by Crippen LogP contribution is 2.28. The lowest BCUT2D eigenvalue weighted by Gasteiger charge is -2.15. The number of rotatable bonds is 7. The minimum absolute atomic E-state index is 0.0000613. The Kier molecular flexibility index (Phi) is 6.47. The van der Waals surface area contributed by atoms with Gasteiger partial charge in [0.2, 0.25) is 0 Å². The van der Waals surface area contributed by atoms with Crippen molar-refractivity contribution < 1.29 is 14.9 Å². The van der Waals surface area contributed by atoms with Crippen molar-refractivity contribution >= 4 is 11.6 Å². The maximum absolute atomic E-state index is 9.06. The van der Waals surface area contributed by atoms with E-state index in [9.17, 15) is 0 Å². The zero-order valence-electron chi connectivity index (χ0n) is 10.9. The van der Waals surface area contributed by atoms with Crippen LogP contribution in [-0.4, -0.2) is 30.0 Å². The summed E-state index contributed by atoms with van der Waals surface area (Å²) in [6, 6.07) is 3.85. The molecular weight excluding hydrogens is 252 g/mol. The normalized spacial score (nSPS) is 11.0. The molecule has 18 heavy (non-hydrogen) atoms. The molecule has 0 amide bonds. The van der Waals surface area contributed by atoms with Crippen LogP contribution < -0.4 is 4.74 Å². The molecule has 1 rings (SSSR count). The number of halogens is 1. The minimum atomic E-state index is -0.0837. The Morgan fingerprint density at radius 2 is 1.94 bits per heavy atom. The highest BCUT2D eigenvalue weighted by Gasteiger charge is 2.11. The molecule has 0 aliphatic carbocycles. The van der Waals surface area contributed by atoms with E-state index in [1.165, 1.54) is 0 Å². The molecular formula is C14H21ClO3. The van der Waals surface area contributed by atoms with Crippen LogP contribution in [0.15, 0.2) is 12.1 Å². The average Bonchev–Trinajstić information content (AvgIpc) is 2.36. The molecule has 0 saturated carbocycles. The van der Waals surface area contributed by atoms with Crippen LogP contribution in [0, 0.1) is 12.8 Å². The summed E-state index contributed by atoms with van der Waals surface area (Å²) in [4.78, 5) is 0. The van der Waals surface area contributed by atoms with Gasteiger partial charge < -0.3 is 14.9 Å². The zero-order valence-corrected chi connectivity index (χ0v) is 11.7. The van der Waals surface area contributed by atoms with Crippen LogP contribution in [0.4, 0.5) is 0 Å². The lowest BCUT2D eigenvalue weighted by Crippen LogP contribution is -2.12. The number of aryl methyl sites for hydroxylation is 2. The molecule has 0 spiro atoms. The second-order valence-corrected chi connectivity index (χ2v) is 4.82. The number of hydrogen-bond donors (Lipinski definition) is 2. The fourth-order valence-corrected chi connectivity index (χ4v) is 1.97. The lowest BCUT2D eigenvalue weighted by atomic mass is 9.99. The fraction of sp³-hybridized carbons (Fsp3) is 0.571. The Labute approximate surface area is 113 Å². The van der Waals surface area contributed by atoms with Gasteiger partial charge in [0.15, 0.2) is 0 Å². The summed E-state index contributed by atoms with van der Waals surface area (Å²) in [6.45, 7) is 4.49. The number of aliphatic hydroxyl groups is 2. The van der Waals surface area contributed by atoms with E-state index in [4.69, 9.17) is 26.6 Å². The van der Waals surface area contributed by atoms with Crippen molar-refractivity contribution in [3.8, 4) is 5.75 Å². The van der Waals surface area contributed by atoms with Crippen LogP contribution in [0.25, 0.3) is 0 Å². The largest absolute Gasteiger partial charge is 0.494 e. The number of benzene rings is 1. The first-order chi connectivity index (χ1) is 8.62. The fourth-order valence-electron chi connectivity index (χ4n) is 1.78. The average molecular weight is 273 g/mol. The van der Waals surface area contributed by atoms with Crippen LogP contribution in [0.2, 0.25) is 5.02 Å². The van der Waals surface area contributed by atoms with E-state index >= 15 is 0 Å². The molecule has 0 radical (unpaired) electrons. The van der Waals surface area contributed by atoms with Gasteiger partial charge in [-0.3, -0.25) is 0 Å². The summed E-state index contributed by atoms with van der Waals surface area (Å²) < 4.78 is 5.59. The molecule has 0 aliphatic heterocycles. The topological polar surface area (TPSA) is 49.7 Å². The monoisotopic (exact) mass is 272 g/mol. The molecule has 1 aromatic rings. The van der Waals surface area contributed by atoms with Crippen LogP contribution >= 0.6 is 11.6 Å². The smallest absolute Gasteiger partial charge is 0.122 e. The second kappa shape index (κ2) is 7.62. The summed E-state index contributed by atoms with van der Waals surface area (Å²) in [5, 5.41) is 18.8. The Hall–Kier alpha value is -0.770. The summed E-state index contributed by atoms with van der Waals surface area (Å²) >= 11 is 6.11. The Morgan fingerprint density at radius 3 is 2.50 bits per heavy atom. The molecule has 3 nitrogen and oxygen atoms in total. The summed E-state index contributed by atoms with van der Waals surface area (Å²) in [7, 11) is 0. The second-order valence-electron chi connectivity index (χ2n) is 4.41. The number of aliphatic hydroxyl groups excluding tert-OH is 2. The maximum Gasteiger partial charge on any atom is 0.122 e. The zero-order chi connectivity index (χ0) is 13.5. The summed E-state index contributed by atoms with van der Waals surface area (Å²) in [5.74, 6) is 0.758. The van der Waals surface area contributed by atoms with Gasteiger partial charge in [-0.05, 0) is 49.9 Å². The van der Waals surface area contributed by atoms with E-state index in [0.717, 1.165) is 28.3 Å². The SMILES string of the molecule is CCOc1cc(C)c(Cl)cc1CCC(CO)CO. The van der Waals surface area contributed by atoms with Crippen molar-refractivity contribution in [2.45, 2.75) is 26.7 Å². The molecule has 0 bridgehead atoms. The third-order valence-electron chi connectivity index (χ3n) is 2.98. The van der Waals surface area contributed by atoms with E-state index in [1.54, 1.807) is 0 Å². The molecule has 0 heterocycles. The van der Waals surface area contributed by atoms with Gasteiger partial charge in [-0.25, -0.2) is 0 Å². The molecule has 0 atom stereocenters. The van der Waals surface area contributed by atoms with Crippen molar-refractivity contribution in [2.75, 3.05) is 19.8 Å². The molecule has 2 N–H and O–H groups in total. The van der Waals surface area contributed by atoms with Gasteiger partial charge in [-0.1, -0.05) is 11.6 Å². The highest BCUT2D eigenvalue weighted by atomic mass is 35.5. The van der Waals surface area contributed by atoms with Crippen molar-refractivity contribution in [3.05, 3.63) is 28.3 Å². The van der Waals surface area contributed by atoms with Crippen molar-refractivity contribution in [1.29, 1.82) is 0 Å². The predicted molar refractivity (Wildman–Crippen MR) is 73.3 cm³/mol. The van der Waals surface area contributed by atoms with Gasteiger partial charge in [0.25, 0.3) is 0 Å². The van der Waals surface area contributed by atoms with Gasteiger partial charge in [0, 0.05) is 24.2 Å². The summed E-state index contributed by atoms with van der Waals surface area (Å²) in [5.41, 5.74) is 2.02. The van der Waals surface area contributed by atoms with Crippen LogP contribution in [0.1, 0.15) is 24.5 Å². The lowest BCUT2D eigenvalue weighted by molar-refractivity contribution is 0.144. The van der Waals surface area contributed by atoms with E-state index in [1.807, 2.05) is 26.0 Å². The third kappa shape index (κ3) is 4.16. The maximum atomic E-state index is 9.06. The van der Waals surface area contributed by atoms with Crippen molar-refractivity contribution in [3.63, 3.8) is 0 Å². The first-order valence-corrected chi connectivity index (χ1v) is 6.63. The van der Waals surface area contributed by atoms with Crippen molar-refractivity contribution in [1.82, 2.24) is 0 Å². The molecule has 0 saturated heterocycles. The molecule has 0 fully saturated rings. The Bertz CT molecular complexity index is 376. The van der Waals surface area contributed by atoms with E-state index in [0.29, 0.717) is 13.0 Å². The molecule has 4 heteroatoms. The van der Waals surface area contributed by atoms with Crippen LogP contribution in [-0.2, 0) is 6.42 Å². The Balaban J connectivity index is 2.82. The molecule has 1 aromatic carbocycles. The Morgan fingerprint density at radius 1 is 1.28 bits per heavy atom. The third-order valence-corrected chi connectivity index (χ3v) is 3.39. The number of hydrogen-bond acceptors (Lipinski definition) is 3. The first kappa shape index (κ1) is 15.3. The van der Waals surface area contributed by atoms with E-state index in [-0.39, 0.29) is 19.1 Å². The minimum Gasteiger partial charge on any atom is -0.494 e. The van der Waals surface area contributed by atoms with Gasteiger partial charge >= 0.3 is 0 Å². The molecule has 0 unspecified atom stereocenters. The standard InChI is InChI=1S/C14H21ClO3/c1-3-18-14-6-10(2)13(15)7-12(14)5-4-11(8-16)9-17/h6-7,11,16-17H,3-5,8-9H2,1-2H3. The highest BCUT2D eigenvalue weighted by molar-refractivity contribution is 6.31. The molecule has 0 aliphatic rings. The van der Waals surface area contributed by atoms with Crippen LogP contribution in [0.5, 0.6) is 5.75 Å². The summed E-state index contributed by atoms with van der Waals surface area (Å²) in [6.07, 6.45) is 1.45. The van der Waals surface area contributed by atoms with Gasteiger partial charge in [0.05, 0.1) is 6.61 Å².